The van der Waals surface area contributed by atoms with Gasteiger partial charge < -0.3 is 9.47 Å². The Morgan fingerprint density at radius 2 is 1.50 bits per heavy atom. The monoisotopic (exact) mass is 472 g/mol. The van der Waals surface area contributed by atoms with Gasteiger partial charge in [0.15, 0.2) is 11.4 Å². The van der Waals surface area contributed by atoms with Gasteiger partial charge in [-0.25, -0.2) is 4.79 Å². The first-order valence-corrected chi connectivity index (χ1v) is 11.9. The zero-order valence-corrected chi connectivity index (χ0v) is 18.3. The van der Waals surface area contributed by atoms with Crippen LogP contribution in [0.2, 0.25) is 0 Å². The summed E-state index contributed by atoms with van der Waals surface area (Å²) < 4.78 is 44.2. The van der Waals surface area contributed by atoms with E-state index in [1.807, 2.05) is 0 Å². The van der Waals surface area contributed by atoms with E-state index < -0.39 is 27.6 Å². The number of benzene rings is 3. The van der Waals surface area contributed by atoms with E-state index in [2.05, 4.69) is 0 Å². The van der Waals surface area contributed by atoms with Crippen LogP contribution in [0.1, 0.15) is 27.0 Å². The van der Waals surface area contributed by atoms with Crippen LogP contribution in [0.4, 0.5) is 0 Å². The fourth-order valence-electron chi connectivity index (χ4n) is 4.95. The molecule has 2 aliphatic heterocycles. The minimum atomic E-state index is -4.37. The van der Waals surface area contributed by atoms with Crippen LogP contribution >= 0.6 is 0 Å². The lowest BCUT2D eigenvalue weighted by atomic mass is 9.68. The lowest BCUT2D eigenvalue weighted by Gasteiger charge is -2.43. The molecule has 6 rings (SSSR count). The molecule has 3 aliphatic rings. The number of fused-ring (bicyclic) bond motifs is 6. The van der Waals surface area contributed by atoms with Gasteiger partial charge in [-0.3, -0.25) is 9.35 Å². The van der Waals surface area contributed by atoms with Crippen molar-refractivity contribution in [2.45, 2.75) is 10.5 Å². The van der Waals surface area contributed by atoms with E-state index in [1.54, 1.807) is 60.7 Å². The van der Waals surface area contributed by atoms with Crippen LogP contribution in [0, 0.1) is 5.92 Å². The average Bonchev–Trinajstić information content (AvgIpc) is 3.12. The minimum absolute atomic E-state index is 0.276. The van der Waals surface area contributed by atoms with E-state index >= 15 is 0 Å². The first-order valence-electron chi connectivity index (χ1n) is 10.4. The van der Waals surface area contributed by atoms with E-state index in [9.17, 15) is 22.6 Å². The van der Waals surface area contributed by atoms with E-state index in [0.29, 0.717) is 39.3 Å². The van der Waals surface area contributed by atoms with Crippen LogP contribution < -0.4 is 4.74 Å². The number of carbonyl (C=O) groups excluding carboxylic acids is 2. The molecule has 7 nitrogen and oxygen atoms in total. The van der Waals surface area contributed by atoms with Gasteiger partial charge in [0.1, 0.15) is 17.4 Å². The number of para-hydroxylation sites is 1. The van der Waals surface area contributed by atoms with E-state index in [4.69, 9.17) is 9.47 Å². The molecule has 34 heavy (non-hydrogen) atoms. The van der Waals surface area contributed by atoms with Gasteiger partial charge >= 0.3 is 5.97 Å². The van der Waals surface area contributed by atoms with Gasteiger partial charge in [-0.15, -0.1) is 0 Å². The number of carbonyl (C=O) groups is 2. The summed E-state index contributed by atoms with van der Waals surface area (Å²) in [5.41, 5.74) is 0.909. The summed E-state index contributed by atoms with van der Waals surface area (Å²) in [6, 6.07) is 19.5. The second-order valence-corrected chi connectivity index (χ2v) is 9.64. The highest BCUT2D eigenvalue weighted by atomic mass is 32.2. The van der Waals surface area contributed by atoms with E-state index in [1.165, 1.54) is 24.3 Å². The zero-order valence-electron chi connectivity index (χ0n) is 17.5. The Bertz CT molecular complexity index is 1560. The Morgan fingerprint density at radius 1 is 0.824 bits per heavy atom. The Kier molecular flexibility index (Phi) is 4.23. The Labute approximate surface area is 194 Å². The number of hydrogen-bond donors (Lipinski definition) is 1. The zero-order chi connectivity index (χ0) is 23.7. The molecule has 2 atom stereocenters. The Hall–Kier alpha value is -4.01. The summed E-state index contributed by atoms with van der Waals surface area (Å²) in [5, 5.41) is 0. The summed E-state index contributed by atoms with van der Waals surface area (Å²) >= 11 is 0. The second kappa shape index (κ2) is 6.99. The van der Waals surface area contributed by atoms with Gasteiger partial charge in [0.2, 0.25) is 0 Å². The molecular weight excluding hydrogens is 456 g/mol. The van der Waals surface area contributed by atoms with Crippen molar-refractivity contribution in [1.82, 2.24) is 0 Å². The molecule has 8 heteroatoms. The normalized spacial score (nSPS) is 22.7. The predicted molar refractivity (Wildman–Crippen MR) is 121 cm³/mol. The number of hydrogen-bond acceptors (Lipinski definition) is 6. The third-order valence-corrected chi connectivity index (χ3v) is 7.28. The molecule has 0 radical (unpaired) electrons. The Morgan fingerprint density at radius 3 is 2.24 bits per heavy atom. The molecule has 3 aromatic carbocycles. The van der Waals surface area contributed by atoms with Crippen LogP contribution in [0.25, 0.3) is 5.57 Å². The average molecular weight is 472 g/mol. The molecule has 0 aromatic heterocycles. The number of esters is 1. The Balaban J connectivity index is 1.55. The maximum Gasteiger partial charge on any atom is 0.339 e. The van der Waals surface area contributed by atoms with Crippen LogP contribution in [0.15, 0.2) is 95.6 Å². The van der Waals surface area contributed by atoms with Gasteiger partial charge in [-0.2, -0.15) is 8.42 Å². The fourth-order valence-corrected chi connectivity index (χ4v) is 5.43. The van der Waals surface area contributed by atoms with Crippen LogP contribution in [0.5, 0.6) is 5.75 Å². The van der Waals surface area contributed by atoms with Crippen molar-refractivity contribution in [3.8, 4) is 5.75 Å². The highest BCUT2D eigenvalue weighted by Crippen LogP contribution is 2.57. The highest BCUT2D eigenvalue weighted by Gasteiger charge is 2.61. The SMILES string of the molecule is O=C1OC2(c3ccccc3OC3=CC=C(c4ccc(S(=O)(=O)O)cc4)C(=O)C32)c2ccccc21. The van der Waals surface area contributed by atoms with E-state index in [-0.39, 0.29) is 10.7 Å². The fraction of sp³-hybridized carbons (Fsp3) is 0.0769. The third-order valence-electron chi connectivity index (χ3n) is 6.41. The van der Waals surface area contributed by atoms with Gasteiger partial charge in [0, 0.05) is 16.7 Å². The number of ether oxygens (including phenoxy) is 2. The van der Waals surface area contributed by atoms with Crippen LogP contribution in [0.3, 0.4) is 0 Å². The van der Waals surface area contributed by atoms with Crippen molar-refractivity contribution in [3.63, 3.8) is 0 Å². The molecule has 0 bridgehead atoms. The summed E-state index contributed by atoms with van der Waals surface area (Å²) in [6.45, 7) is 0. The molecule has 0 saturated heterocycles. The topological polar surface area (TPSA) is 107 Å². The first kappa shape index (κ1) is 20.6. The lowest BCUT2D eigenvalue weighted by molar-refractivity contribution is -0.124. The molecule has 1 aliphatic carbocycles. The van der Waals surface area contributed by atoms with Gasteiger partial charge in [-0.1, -0.05) is 48.5 Å². The number of Topliss-reactive ketones (excluding diaryl/α,β-unsaturated/α-hetero) is 1. The molecule has 0 saturated carbocycles. The van der Waals surface area contributed by atoms with Gasteiger partial charge in [-0.05, 0) is 42.0 Å². The third kappa shape index (κ3) is 2.76. The van der Waals surface area contributed by atoms with Crippen molar-refractivity contribution < 1.29 is 32.0 Å². The molecule has 2 unspecified atom stereocenters. The van der Waals surface area contributed by atoms with Gasteiger partial charge in [0.25, 0.3) is 10.1 Å². The minimum Gasteiger partial charge on any atom is -0.460 e. The molecular formula is C26H16O7S. The van der Waals surface area contributed by atoms with Crippen molar-refractivity contribution in [1.29, 1.82) is 0 Å². The number of rotatable bonds is 2. The number of allylic oxidation sites excluding steroid dienone is 3. The lowest BCUT2D eigenvalue weighted by Crippen LogP contribution is -2.47. The van der Waals surface area contributed by atoms with E-state index in [0.717, 1.165) is 0 Å². The summed E-state index contributed by atoms with van der Waals surface area (Å²) in [6.07, 6.45) is 3.27. The summed E-state index contributed by atoms with van der Waals surface area (Å²) in [5.74, 6) is -0.983. The second-order valence-electron chi connectivity index (χ2n) is 8.22. The molecule has 1 spiro atoms. The number of ketones is 1. The van der Waals surface area contributed by atoms with Gasteiger partial charge in [0.05, 0.1) is 10.5 Å². The molecule has 3 aromatic rings. The first-order chi connectivity index (χ1) is 16.3. The molecule has 2 heterocycles. The molecule has 1 N–H and O–H groups in total. The van der Waals surface area contributed by atoms with Crippen molar-refractivity contribution >= 4 is 27.4 Å². The summed E-state index contributed by atoms with van der Waals surface area (Å²) in [7, 11) is -4.37. The quantitative estimate of drug-likeness (QED) is 0.445. The smallest absolute Gasteiger partial charge is 0.339 e. The predicted octanol–water partition coefficient (Wildman–Crippen LogP) is 3.91. The highest BCUT2D eigenvalue weighted by molar-refractivity contribution is 7.85. The summed E-state index contributed by atoms with van der Waals surface area (Å²) in [4.78, 5) is 26.6. The maximum absolute atomic E-state index is 14.0. The van der Waals surface area contributed by atoms with Crippen molar-refractivity contribution in [2.24, 2.45) is 5.92 Å². The largest absolute Gasteiger partial charge is 0.460 e. The van der Waals surface area contributed by atoms with Crippen LogP contribution in [-0.4, -0.2) is 24.7 Å². The van der Waals surface area contributed by atoms with Crippen molar-refractivity contribution in [2.75, 3.05) is 0 Å². The standard InChI is InChI=1S/C26H16O7S/c27-24-17(15-9-11-16(12-10-15)34(29,30)31)13-14-22-23(24)26(20-7-3-4-8-21(20)32-22)19-6-2-1-5-18(19)25(28)33-26/h1-14,23H,(H,29,30,31). The molecule has 0 fully saturated rings. The van der Waals surface area contributed by atoms with Crippen LogP contribution in [-0.2, 0) is 25.3 Å². The van der Waals surface area contributed by atoms with Crippen molar-refractivity contribution in [3.05, 3.63) is 113 Å². The molecule has 0 amide bonds. The maximum atomic E-state index is 14.0. The molecule has 168 valence electrons.